The predicted octanol–water partition coefficient (Wildman–Crippen LogP) is 2.82. The Morgan fingerprint density at radius 1 is 1.16 bits per heavy atom. The molecule has 0 spiro atoms. The van der Waals surface area contributed by atoms with Crippen LogP contribution in [0.1, 0.15) is 5.56 Å². The van der Waals surface area contributed by atoms with Crippen LogP contribution in [-0.4, -0.2) is 27.7 Å². The number of anilines is 1. The molecular weight excluding hydrogens is 257 g/mol. The molecule has 2 aromatic rings. The van der Waals surface area contributed by atoms with Crippen LogP contribution >= 0.6 is 0 Å². The van der Waals surface area contributed by atoms with Gasteiger partial charge in [0.15, 0.2) is 0 Å². The van der Waals surface area contributed by atoms with Gasteiger partial charge in [0.2, 0.25) is 5.95 Å². The molecule has 0 fully saturated rings. The first-order valence-electron chi connectivity index (χ1n) is 5.50. The average Bonchev–Trinajstić information content (AvgIpc) is 2.37. The van der Waals surface area contributed by atoms with Crippen molar-refractivity contribution < 1.29 is 13.2 Å². The van der Waals surface area contributed by atoms with Crippen molar-refractivity contribution in [2.24, 2.45) is 0 Å². The number of pyridine rings is 1. The molecule has 0 atom stereocenters. The van der Waals surface area contributed by atoms with Gasteiger partial charge in [-0.1, -0.05) is 6.07 Å². The Labute approximate surface area is 107 Å². The smallest absolute Gasteiger partial charge is 0.345 e. The summed E-state index contributed by atoms with van der Waals surface area (Å²) in [6.07, 6.45) is 0.236. The first kappa shape index (κ1) is 13.3. The minimum atomic E-state index is -4.29. The molecule has 0 radical (unpaired) electrons. The number of aryl methyl sites for hydroxylation is 1. The van der Waals surface area contributed by atoms with E-state index in [1.165, 1.54) is 12.4 Å². The molecule has 0 bridgehead atoms. The van der Waals surface area contributed by atoms with Crippen LogP contribution in [0, 0.1) is 6.92 Å². The number of aromatic nitrogens is 3. The number of hydrogen-bond donors (Lipinski definition) is 1. The highest BCUT2D eigenvalue weighted by molar-refractivity contribution is 5.61. The molecule has 2 aromatic heterocycles. The van der Waals surface area contributed by atoms with Crippen LogP contribution in [0.15, 0.2) is 30.7 Å². The largest absolute Gasteiger partial charge is 0.405 e. The summed E-state index contributed by atoms with van der Waals surface area (Å²) < 4.78 is 36.0. The van der Waals surface area contributed by atoms with Gasteiger partial charge >= 0.3 is 6.18 Å². The normalized spacial score (nSPS) is 11.4. The van der Waals surface area contributed by atoms with Gasteiger partial charge in [-0.3, -0.25) is 4.98 Å². The summed E-state index contributed by atoms with van der Waals surface area (Å²) in [7, 11) is 0. The molecule has 0 amide bonds. The van der Waals surface area contributed by atoms with E-state index in [1.54, 1.807) is 12.3 Å². The summed E-state index contributed by atoms with van der Waals surface area (Å²) in [5, 5.41) is 2.11. The van der Waals surface area contributed by atoms with E-state index in [0.717, 1.165) is 5.56 Å². The van der Waals surface area contributed by atoms with E-state index < -0.39 is 12.7 Å². The summed E-state index contributed by atoms with van der Waals surface area (Å²) >= 11 is 0. The third-order valence-corrected chi connectivity index (χ3v) is 2.38. The lowest BCUT2D eigenvalue weighted by atomic mass is 10.1. The van der Waals surface area contributed by atoms with Gasteiger partial charge in [-0.25, -0.2) is 9.97 Å². The monoisotopic (exact) mass is 268 g/mol. The molecule has 19 heavy (non-hydrogen) atoms. The van der Waals surface area contributed by atoms with Gasteiger partial charge in [-0.15, -0.1) is 0 Å². The number of nitrogens with one attached hydrogen (secondary N) is 1. The molecule has 0 aliphatic rings. The van der Waals surface area contributed by atoms with Gasteiger partial charge in [0.05, 0.1) is 5.69 Å². The fourth-order valence-electron chi connectivity index (χ4n) is 1.51. The van der Waals surface area contributed by atoms with Crippen molar-refractivity contribution in [2.45, 2.75) is 13.1 Å². The third kappa shape index (κ3) is 3.64. The molecule has 0 saturated carbocycles. The van der Waals surface area contributed by atoms with Crippen LogP contribution in [0.3, 0.4) is 0 Å². The van der Waals surface area contributed by atoms with Crippen molar-refractivity contribution >= 4 is 5.95 Å². The molecule has 1 N–H and O–H groups in total. The van der Waals surface area contributed by atoms with E-state index in [2.05, 4.69) is 20.3 Å². The van der Waals surface area contributed by atoms with Crippen molar-refractivity contribution in [1.82, 2.24) is 15.0 Å². The van der Waals surface area contributed by atoms with E-state index >= 15 is 0 Å². The van der Waals surface area contributed by atoms with Crippen molar-refractivity contribution in [3.63, 3.8) is 0 Å². The van der Waals surface area contributed by atoms with Crippen molar-refractivity contribution in [3.05, 3.63) is 36.3 Å². The molecule has 2 rings (SSSR count). The van der Waals surface area contributed by atoms with Crippen LogP contribution in [-0.2, 0) is 0 Å². The Hall–Kier alpha value is -2.18. The van der Waals surface area contributed by atoms with E-state index in [9.17, 15) is 13.2 Å². The maximum absolute atomic E-state index is 12.0. The molecule has 2 heterocycles. The Bertz CT molecular complexity index is 552. The molecule has 100 valence electrons. The second-order valence-electron chi connectivity index (χ2n) is 3.93. The summed E-state index contributed by atoms with van der Waals surface area (Å²) in [4.78, 5) is 11.9. The van der Waals surface area contributed by atoms with Crippen LogP contribution < -0.4 is 5.32 Å². The molecule has 0 saturated heterocycles. The van der Waals surface area contributed by atoms with Crippen LogP contribution in [0.4, 0.5) is 19.1 Å². The Morgan fingerprint density at radius 2 is 1.84 bits per heavy atom. The number of halogens is 3. The Kier molecular flexibility index (Phi) is 3.64. The highest BCUT2D eigenvalue weighted by atomic mass is 19.4. The molecule has 0 unspecified atom stereocenters. The first-order chi connectivity index (χ1) is 8.96. The van der Waals surface area contributed by atoms with E-state index in [4.69, 9.17) is 0 Å². The maximum Gasteiger partial charge on any atom is 0.405 e. The molecule has 0 aromatic carbocycles. The zero-order valence-corrected chi connectivity index (χ0v) is 10.1. The average molecular weight is 268 g/mol. The van der Waals surface area contributed by atoms with Crippen LogP contribution in [0.5, 0.6) is 0 Å². The standard InChI is InChI=1S/C12H11F3N4/c1-8-3-2-4-16-10(8)9-5-17-11(18-6-9)19-7-12(13,14)15/h2-6H,7H2,1H3,(H,17,18,19). The van der Waals surface area contributed by atoms with Crippen molar-refractivity contribution in [2.75, 3.05) is 11.9 Å². The highest BCUT2D eigenvalue weighted by Gasteiger charge is 2.26. The molecule has 0 aliphatic heterocycles. The predicted molar refractivity (Wildman–Crippen MR) is 64.5 cm³/mol. The molecule has 7 heteroatoms. The van der Waals surface area contributed by atoms with Crippen LogP contribution in [0.2, 0.25) is 0 Å². The lowest BCUT2D eigenvalue weighted by Crippen LogP contribution is -2.22. The number of hydrogen-bond acceptors (Lipinski definition) is 4. The number of rotatable bonds is 3. The lowest BCUT2D eigenvalue weighted by molar-refractivity contribution is -0.115. The zero-order valence-electron chi connectivity index (χ0n) is 10.1. The first-order valence-corrected chi connectivity index (χ1v) is 5.50. The van der Waals surface area contributed by atoms with E-state index in [1.807, 2.05) is 13.0 Å². The second kappa shape index (κ2) is 5.21. The third-order valence-electron chi connectivity index (χ3n) is 2.38. The van der Waals surface area contributed by atoms with Gasteiger partial charge in [0.1, 0.15) is 6.54 Å². The number of nitrogens with zero attached hydrogens (tertiary/aromatic N) is 3. The quantitative estimate of drug-likeness (QED) is 0.930. The lowest BCUT2D eigenvalue weighted by Gasteiger charge is -2.08. The fourth-order valence-corrected chi connectivity index (χ4v) is 1.51. The van der Waals surface area contributed by atoms with Gasteiger partial charge in [-0.2, -0.15) is 13.2 Å². The van der Waals surface area contributed by atoms with Gasteiger partial charge < -0.3 is 5.32 Å². The molecule has 4 nitrogen and oxygen atoms in total. The zero-order chi connectivity index (χ0) is 13.9. The maximum atomic E-state index is 12.0. The van der Waals surface area contributed by atoms with Gasteiger partial charge in [-0.05, 0) is 18.6 Å². The fraction of sp³-hybridized carbons (Fsp3) is 0.250. The minimum absolute atomic E-state index is 0.0605. The van der Waals surface area contributed by atoms with Crippen LogP contribution in [0.25, 0.3) is 11.3 Å². The molecule has 0 aliphatic carbocycles. The number of alkyl halides is 3. The summed E-state index contributed by atoms with van der Waals surface area (Å²) in [5.41, 5.74) is 2.32. The van der Waals surface area contributed by atoms with Gasteiger partial charge in [0.25, 0.3) is 0 Å². The second-order valence-corrected chi connectivity index (χ2v) is 3.93. The topological polar surface area (TPSA) is 50.7 Å². The van der Waals surface area contributed by atoms with E-state index in [0.29, 0.717) is 11.3 Å². The van der Waals surface area contributed by atoms with Crippen molar-refractivity contribution in [3.8, 4) is 11.3 Å². The summed E-state index contributed by atoms with van der Waals surface area (Å²) in [5.74, 6) is -0.0605. The Morgan fingerprint density at radius 3 is 2.42 bits per heavy atom. The summed E-state index contributed by atoms with van der Waals surface area (Å²) in [6.45, 7) is 0.729. The highest BCUT2D eigenvalue weighted by Crippen LogP contribution is 2.19. The Balaban J connectivity index is 2.13. The SMILES string of the molecule is Cc1cccnc1-c1cnc(NCC(F)(F)F)nc1. The van der Waals surface area contributed by atoms with E-state index in [-0.39, 0.29) is 5.95 Å². The summed E-state index contributed by atoms with van der Waals surface area (Å²) in [6, 6.07) is 3.69. The van der Waals surface area contributed by atoms with Gasteiger partial charge in [0, 0.05) is 24.2 Å². The molecular formula is C12H11F3N4. The van der Waals surface area contributed by atoms with Crippen molar-refractivity contribution in [1.29, 1.82) is 0 Å². The minimum Gasteiger partial charge on any atom is -0.345 e.